The molecule has 1 aromatic carbocycles. The highest BCUT2D eigenvalue weighted by Crippen LogP contribution is 2.34. The summed E-state index contributed by atoms with van der Waals surface area (Å²) in [6.07, 6.45) is 3.11. The summed E-state index contributed by atoms with van der Waals surface area (Å²) in [6, 6.07) is 6.69. The number of hydrogen-bond acceptors (Lipinski definition) is 6. The van der Waals surface area contributed by atoms with Gasteiger partial charge in [-0.2, -0.15) is 0 Å². The van der Waals surface area contributed by atoms with Crippen molar-refractivity contribution in [2.45, 2.75) is 20.8 Å². The molecule has 5 N–H and O–H groups in total. The molecular formula is C21H20N6O3. The van der Waals surface area contributed by atoms with Crippen molar-refractivity contribution in [3.8, 4) is 17.1 Å². The first-order valence-corrected chi connectivity index (χ1v) is 9.17. The van der Waals surface area contributed by atoms with E-state index in [1.807, 2.05) is 6.92 Å². The van der Waals surface area contributed by atoms with Gasteiger partial charge in [-0.25, -0.2) is 4.98 Å². The number of nitrogens with two attached hydrogens (primary N) is 2. The van der Waals surface area contributed by atoms with Gasteiger partial charge in [0.05, 0.1) is 23.1 Å². The number of aryl methyl sites for hydroxylation is 2. The van der Waals surface area contributed by atoms with Crippen LogP contribution in [0.1, 0.15) is 27.3 Å². The molecule has 4 aromatic rings. The van der Waals surface area contributed by atoms with Crippen LogP contribution in [0.2, 0.25) is 0 Å². The number of phenolic OH excluding ortho intramolecular Hbond substituents is 1. The lowest BCUT2D eigenvalue weighted by Gasteiger charge is -2.16. The summed E-state index contributed by atoms with van der Waals surface area (Å²) in [6.45, 7) is 5.23. The SMILES string of the molecule is Cc1ccc(O)c(C)c1-n1c(N)c(C(N)=O)c2c(=O)n(-c3cccnc3)c(C)nc21. The Morgan fingerprint density at radius 1 is 1.13 bits per heavy atom. The van der Waals surface area contributed by atoms with Gasteiger partial charge in [0.15, 0.2) is 5.65 Å². The van der Waals surface area contributed by atoms with Crippen LogP contribution < -0.4 is 17.0 Å². The van der Waals surface area contributed by atoms with Crippen molar-refractivity contribution in [1.82, 2.24) is 19.1 Å². The minimum Gasteiger partial charge on any atom is -0.508 e. The van der Waals surface area contributed by atoms with E-state index in [-0.39, 0.29) is 28.2 Å². The van der Waals surface area contributed by atoms with Gasteiger partial charge in [0, 0.05) is 11.8 Å². The van der Waals surface area contributed by atoms with Crippen molar-refractivity contribution in [3.63, 3.8) is 0 Å². The van der Waals surface area contributed by atoms with E-state index < -0.39 is 11.5 Å². The van der Waals surface area contributed by atoms with E-state index in [1.165, 1.54) is 15.3 Å². The van der Waals surface area contributed by atoms with E-state index in [0.717, 1.165) is 5.56 Å². The van der Waals surface area contributed by atoms with Crippen molar-refractivity contribution in [3.05, 3.63) is 69.5 Å². The van der Waals surface area contributed by atoms with Crippen LogP contribution in [0.5, 0.6) is 5.75 Å². The van der Waals surface area contributed by atoms with Gasteiger partial charge >= 0.3 is 0 Å². The van der Waals surface area contributed by atoms with Crippen LogP contribution >= 0.6 is 0 Å². The molecule has 9 heteroatoms. The number of aromatic nitrogens is 4. The molecule has 0 saturated carbocycles. The second-order valence-corrected chi connectivity index (χ2v) is 7.04. The fourth-order valence-corrected chi connectivity index (χ4v) is 3.78. The topological polar surface area (TPSA) is 142 Å². The van der Waals surface area contributed by atoms with Crippen molar-refractivity contribution in [2.75, 3.05) is 5.73 Å². The zero-order valence-electron chi connectivity index (χ0n) is 16.7. The molecular weight excluding hydrogens is 384 g/mol. The number of carbonyl (C=O) groups is 1. The molecule has 0 saturated heterocycles. The maximum absolute atomic E-state index is 13.5. The normalized spacial score (nSPS) is 11.2. The number of anilines is 1. The maximum atomic E-state index is 13.5. The third-order valence-electron chi connectivity index (χ3n) is 5.17. The number of carbonyl (C=O) groups excluding carboxylic acids is 1. The Morgan fingerprint density at radius 2 is 1.87 bits per heavy atom. The van der Waals surface area contributed by atoms with Crippen LogP contribution in [0, 0.1) is 20.8 Å². The third kappa shape index (κ3) is 2.63. The molecule has 0 aliphatic rings. The molecule has 0 aliphatic carbocycles. The van der Waals surface area contributed by atoms with E-state index in [2.05, 4.69) is 9.97 Å². The number of pyridine rings is 1. The number of amides is 1. The van der Waals surface area contributed by atoms with Crippen molar-refractivity contribution >= 4 is 22.8 Å². The predicted octanol–water partition coefficient (Wildman–Crippen LogP) is 1.88. The Labute approximate surface area is 171 Å². The average molecular weight is 404 g/mol. The van der Waals surface area contributed by atoms with E-state index in [4.69, 9.17) is 11.5 Å². The molecule has 1 amide bonds. The number of nitrogens with zero attached hydrogens (tertiary/aromatic N) is 4. The van der Waals surface area contributed by atoms with Gasteiger partial charge in [0.25, 0.3) is 11.5 Å². The number of aromatic hydroxyl groups is 1. The smallest absolute Gasteiger partial charge is 0.268 e. The van der Waals surface area contributed by atoms with Crippen LogP contribution in [-0.4, -0.2) is 30.1 Å². The van der Waals surface area contributed by atoms with Gasteiger partial charge in [-0.15, -0.1) is 0 Å². The largest absolute Gasteiger partial charge is 0.508 e. The first kappa shape index (κ1) is 19.2. The predicted molar refractivity (Wildman–Crippen MR) is 113 cm³/mol. The molecule has 152 valence electrons. The lowest BCUT2D eigenvalue weighted by atomic mass is 10.1. The molecule has 0 radical (unpaired) electrons. The Morgan fingerprint density at radius 3 is 2.50 bits per heavy atom. The fraction of sp³-hybridized carbons (Fsp3) is 0.143. The summed E-state index contributed by atoms with van der Waals surface area (Å²) in [4.78, 5) is 34.4. The van der Waals surface area contributed by atoms with E-state index in [1.54, 1.807) is 44.3 Å². The molecule has 0 bridgehead atoms. The number of fused-ring (bicyclic) bond motifs is 1. The summed E-state index contributed by atoms with van der Waals surface area (Å²) in [5.74, 6) is -0.418. The fourth-order valence-electron chi connectivity index (χ4n) is 3.78. The zero-order valence-corrected chi connectivity index (χ0v) is 16.7. The highest BCUT2D eigenvalue weighted by Gasteiger charge is 2.27. The second kappa shape index (κ2) is 6.73. The van der Waals surface area contributed by atoms with Gasteiger partial charge < -0.3 is 16.6 Å². The number of primary amides is 1. The lowest BCUT2D eigenvalue weighted by Crippen LogP contribution is -2.24. The Balaban J connectivity index is 2.22. The highest BCUT2D eigenvalue weighted by atomic mass is 16.3. The van der Waals surface area contributed by atoms with Crippen LogP contribution in [0.25, 0.3) is 22.4 Å². The number of rotatable bonds is 3. The van der Waals surface area contributed by atoms with Gasteiger partial charge in [-0.1, -0.05) is 6.07 Å². The van der Waals surface area contributed by atoms with Gasteiger partial charge in [-0.3, -0.25) is 23.7 Å². The summed E-state index contributed by atoms with van der Waals surface area (Å²) in [5, 5.41) is 10.2. The van der Waals surface area contributed by atoms with Crippen molar-refractivity contribution in [1.29, 1.82) is 0 Å². The van der Waals surface area contributed by atoms with Crippen LogP contribution in [0.4, 0.5) is 5.82 Å². The van der Waals surface area contributed by atoms with Gasteiger partial charge in [0.2, 0.25) is 0 Å². The Kier molecular flexibility index (Phi) is 4.30. The van der Waals surface area contributed by atoms with Crippen LogP contribution in [0.15, 0.2) is 41.5 Å². The number of hydrogen-bond donors (Lipinski definition) is 3. The zero-order chi connectivity index (χ0) is 21.7. The van der Waals surface area contributed by atoms with E-state index in [9.17, 15) is 14.7 Å². The van der Waals surface area contributed by atoms with E-state index >= 15 is 0 Å². The lowest BCUT2D eigenvalue weighted by molar-refractivity contribution is 0.100. The minimum absolute atomic E-state index is 0.0107. The second-order valence-electron chi connectivity index (χ2n) is 7.04. The summed E-state index contributed by atoms with van der Waals surface area (Å²) < 4.78 is 2.86. The van der Waals surface area contributed by atoms with Crippen LogP contribution in [0.3, 0.4) is 0 Å². The van der Waals surface area contributed by atoms with E-state index in [0.29, 0.717) is 22.8 Å². The molecule has 0 unspecified atom stereocenters. The van der Waals surface area contributed by atoms with Crippen LogP contribution in [-0.2, 0) is 0 Å². The number of nitrogen functional groups attached to an aromatic ring is 1. The third-order valence-corrected chi connectivity index (χ3v) is 5.17. The summed E-state index contributed by atoms with van der Waals surface area (Å²) >= 11 is 0. The molecule has 0 atom stereocenters. The van der Waals surface area contributed by atoms with Crippen molar-refractivity contribution in [2.24, 2.45) is 5.73 Å². The Hall–Kier alpha value is -4.14. The molecule has 9 nitrogen and oxygen atoms in total. The quantitative estimate of drug-likeness (QED) is 0.476. The summed E-state index contributed by atoms with van der Waals surface area (Å²) in [7, 11) is 0. The maximum Gasteiger partial charge on any atom is 0.268 e. The molecule has 30 heavy (non-hydrogen) atoms. The van der Waals surface area contributed by atoms with Gasteiger partial charge in [-0.05, 0) is 44.5 Å². The van der Waals surface area contributed by atoms with Gasteiger partial charge in [0.1, 0.15) is 22.8 Å². The first-order chi connectivity index (χ1) is 14.2. The average Bonchev–Trinajstić information content (AvgIpc) is 2.99. The summed E-state index contributed by atoms with van der Waals surface area (Å²) in [5.41, 5.74) is 13.9. The molecule has 0 spiro atoms. The molecule has 3 aromatic heterocycles. The number of phenols is 1. The molecule has 3 heterocycles. The molecule has 0 aliphatic heterocycles. The highest BCUT2D eigenvalue weighted by molar-refractivity contribution is 6.10. The standard InChI is InChI=1S/C21H20N6O3/c1-10-6-7-14(28)11(2)17(10)27-18(22)15(19(23)29)16-20(27)25-12(3)26(21(16)30)13-5-4-8-24-9-13/h4-9,28H,22H2,1-3H3,(H2,23,29). The minimum atomic E-state index is -0.841. The first-order valence-electron chi connectivity index (χ1n) is 9.17. The Bertz CT molecular complexity index is 1390. The molecule has 4 rings (SSSR count). The number of benzene rings is 1. The van der Waals surface area contributed by atoms with Crippen molar-refractivity contribution < 1.29 is 9.90 Å². The monoisotopic (exact) mass is 404 g/mol. The molecule has 0 fully saturated rings.